The van der Waals surface area contributed by atoms with Crippen molar-refractivity contribution in [3.63, 3.8) is 0 Å². The van der Waals surface area contributed by atoms with Gasteiger partial charge in [0, 0.05) is 12.6 Å². The third-order valence-corrected chi connectivity index (χ3v) is 3.60. The van der Waals surface area contributed by atoms with Gasteiger partial charge in [-0.2, -0.15) is 0 Å². The molecule has 1 aromatic rings. The van der Waals surface area contributed by atoms with E-state index >= 15 is 0 Å². The Hall–Kier alpha value is -1.39. The van der Waals surface area contributed by atoms with Crippen LogP contribution in [0, 0.1) is 0 Å². The Balaban J connectivity index is 1.62. The van der Waals surface area contributed by atoms with Crippen molar-refractivity contribution in [2.24, 2.45) is 0 Å². The lowest BCUT2D eigenvalue weighted by atomic mass is 10.1. The van der Waals surface area contributed by atoms with Crippen molar-refractivity contribution in [2.45, 2.75) is 25.4 Å². The molecule has 104 valence electrons. The van der Waals surface area contributed by atoms with Crippen LogP contribution in [0.3, 0.4) is 0 Å². The molecule has 0 bridgehead atoms. The lowest BCUT2D eigenvalue weighted by molar-refractivity contribution is -0.120. The monoisotopic (exact) mass is 261 g/mol. The number of hydrogen-bond acceptors (Lipinski definition) is 3. The zero-order valence-corrected chi connectivity index (χ0v) is 11.6. The van der Waals surface area contributed by atoms with Gasteiger partial charge in [-0.15, -0.1) is 0 Å². The smallest absolute Gasteiger partial charge is 0.234 e. The fourth-order valence-electron chi connectivity index (χ4n) is 2.31. The van der Waals surface area contributed by atoms with Crippen LogP contribution in [0.1, 0.15) is 18.4 Å². The van der Waals surface area contributed by atoms with Gasteiger partial charge in [0.05, 0.1) is 6.54 Å². The lowest BCUT2D eigenvalue weighted by Gasteiger charge is -2.29. The van der Waals surface area contributed by atoms with E-state index in [1.54, 1.807) is 0 Å². The maximum Gasteiger partial charge on any atom is 0.234 e. The highest BCUT2D eigenvalue weighted by molar-refractivity contribution is 5.78. The molecule has 1 saturated heterocycles. The molecule has 1 aliphatic rings. The molecule has 19 heavy (non-hydrogen) atoms. The number of nitrogens with one attached hydrogen (secondary N) is 2. The number of hydrogen-bond donors (Lipinski definition) is 2. The highest BCUT2D eigenvalue weighted by Crippen LogP contribution is 2.07. The molecule has 1 heterocycles. The summed E-state index contributed by atoms with van der Waals surface area (Å²) in [4.78, 5) is 14.1. The van der Waals surface area contributed by atoms with Crippen molar-refractivity contribution in [1.82, 2.24) is 15.5 Å². The van der Waals surface area contributed by atoms with E-state index in [-0.39, 0.29) is 5.91 Å². The Kier molecular flexibility index (Phi) is 5.36. The standard InChI is InChI=1S/C15H23N3O/c1-18-9-7-14(8-10-18)16-12-15(19)17-11-13-5-3-2-4-6-13/h2-6,14,16H,7-12H2,1H3,(H,17,19). The molecule has 2 rings (SSSR count). The van der Waals surface area contributed by atoms with Gasteiger partial charge in [-0.05, 0) is 38.5 Å². The van der Waals surface area contributed by atoms with Crippen LogP contribution in [0.25, 0.3) is 0 Å². The summed E-state index contributed by atoms with van der Waals surface area (Å²) in [5.74, 6) is 0.0720. The average molecular weight is 261 g/mol. The van der Waals surface area contributed by atoms with Gasteiger partial charge in [0.1, 0.15) is 0 Å². The number of likely N-dealkylation sites (tertiary alicyclic amines) is 1. The van der Waals surface area contributed by atoms with Gasteiger partial charge < -0.3 is 15.5 Å². The summed E-state index contributed by atoms with van der Waals surface area (Å²) in [6.45, 7) is 3.25. The minimum Gasteiger partial charge on any atom is -0.351 e. The van der Waals surface area contributed by atoms with Crippen LogP contribution in [0.15, 0.2) is 30.3 Å². The summed E-state index contributed by atoms with van der Waals surface area (Å²) in [5.41, 5.74) is 1.13. The van der Waals surface area contributed by atoms with Crippen molar-refractivity contribution < 1.29 is 4.79 Å². The predicted octanol–water partition coefficient (Wildman–Crippen LogP) is 0.987. The number of carbonyl (C=O) groups excluding carboxylic acids is 1. The van der Waals surface area contributed by atoms with Gasteiger partial charge in [-0.3, -0.25) is 4.79 Å². The SMILES string of the molecule is CN1CCC(NCC(=O)NCc2ccccc2)CC1. The highest BCUT2D eigenvalue weighted by Gasteiger charge is 2.16. The van der Waals surface area contributed by atoms with E-state index in [1.165, 1.54) is 0 Å². The molecule has 4 nitrogen and oxygen atoms in total. The maximum absolute atomic E-state index is 11.7. The number of amides is 1. The molecule has 0 aliphatic carbocycles. The zero-order valence-electron chi connectivity index (χ0n) is 11.6. The van der Waals surface area contributed by atoms with E-state index in [9.17, 15) is 4.79 Å². The van der Waals surface area contributed by atoms with Crippen LogP contribution in [-0.2, 0) is 11.3 Å². The minimum atomic E-state index is 0.0720. The average Bonchev–Trinajstić information content (AvgIpc) is 2.45. The first kappa shape index (κ1) is 14.0. The third-order valence-electron chi connectivity index (χ3n) is 3.60. The molecule has 1 fully saturated rings. The number of rotatable bonds is 5. The van der Waals surface area contributed by atoms with Gasteiger partial charge in [0.2, 0.25) is 5.91 Å². The van der Waals surface area contributed by atoms with E-state index in [1.807, 2.05) is 30.3 Å². The van der Waals surface area contributed by atoms with E-state index in [4.69, 9.17) is 0 Å². The predicted molar refractivity (Wildman–Crippen MR) is 76.8 cm³/mol. The summed E-state index contributed by atoms with van der Waals surface area (Å²) >= 11 is 0. The van der Waals surface area contributed by atoms with E-state index in [0.717, 1.165) is 31.5 Å². The molecule has 0 saturated carbocycles. The minimum absolute atomic E-state index is 0.0720. The molecule has 2 N–H and O–H groups in total. The van der Waals surface area contributed by atoms with E-state index in [0.29, 0.717) is 19.1 Å². The van der Waals surface area contributed by atoms with E-state index in [2.05, 4.69) is 22.6 Å². The molecule has 1 aromatic carbocycles. The van der Waals surface area contributed by atoms with Crippen LogP contribution >= 0.6 is 0 Å². The third kappa shape index (κ3) is 5.01. The van der Waals surface area contributed by atoms with Gasteiger partial charge in [0.15, 0.2) is 0 Å². The van der Waals surface area contributed by atoms with Crippen LogP contribution in [0.4, 0.5) is 0 Å². The Morgan fingerprint density at radius 2 is 1.95 bits per heavy atom. The molecular formula is C15H23N3O. The molecule has 0 unspecified atom stereocenters. The van der Waals surface area contributed by atoms with Crippen molar-refractivity contribution in [3.05, 3.63) is 35.9 Å². The Bertz CT molecular complexity index is 386. The topological polar surface area (TPSA) is 44.4 Å². The molecule has 1 aliphatic heterocycles. The van der Waals surface area contributed by atoms with Gasteiger partial charge in [0.25, 0.3) is 0 Å². The van der Waals surface area contributed by atoms with Gasteiger partial charge in [-0.25, -0.2) is 0 Å². The number of benzene rings is 1. The second kappa shape index (κ2) is 7.26. The zero-order chi connectivity index (χ0) is 13.5. The van der Waals surface area contributed by atoms with Crippen LogP contribution in [-0.4, -0.2) is 43.5 Å². The van der Waals surface area contributed by atoms with Crippen LogP contribution in [0.5, 0.6) is 0 Å². The van der Waals surface area contributed by atoms with Crippen molar-refractivity contribution in [3.8, 4) is 0 Å². The highest BCUT2D eigenvalue weighted by atomic mass is 16.1. The van der Waals surface area contributed by atoms with Crippen molar-refractivity contribution in [2.75, 3.05) is 26.7 Å². The Labute approximate surface area is 115 Å². The quantitative estimate of drug-likeness (QED) is 0.830. The van der Waals surface area contributed by atoms with Crippen LogP contribution in [0.2, 0.25) is 0 Å². The summed E-state index contributed by atoms with van der Waals surface area (Å²) in [7, 11) is 2.14. The molecule has 0 spiro atoms. The molecule has 4 heteroatoms. The first-order chi connectivity index (χ1) is 9.24. The summed E-state index contributed by atoms with van der Waals surface area (Å²) < 4.78 is 0. The van der Waals surface area contributed by atoms with Gasteiger partial charge >= 0.3 is 0 Å². The molecule has 1 amide bonds. The molecular weight excluding hydrogens is 238 g/mol. The largest absolute Gasteiger partial charge is 0.351 e. The molecule has 0 atom stereocenters. The molecule has 0 aromatic heterocycles. The summed E-state index contributed by atoms with van der Waals surface area (Å²) in [5, 5.41) is 6.27. The number of carbonyl (C=O) groups is 1. The summed E-state index contributed by atoms with van der Waals surface area (Å²) in [6, 6.07) is 10.5. The van der Waals surface area contributed by atoms with Crippen LogP contribution < -0.4 is 10.6 Å². The first-order valence-corrected chi connectivity index (χ1v) is 6.96. The maximum atomic E-state index is 11.7. The van der Waals surface area contributed by atoms with Gasteiger partial charge in [-0.1, -0.05) is 30.3 Å². The first-order valence-electron chi connectivity index (χ1n) is 6.96. The van der Waals surface area contributed by atoms with Crippen molar-refractivity contribution >= 4 is 5.91 Å². The molecule has 0 radical (unpaired) electrons. The summed E-state index contributed by atoms with van der Waals surface area (Å²) in [6.07, 6.45) is 2.25. The second-order valence-electron chi connectivity index (χ2n) is 5.22. The fourth-order valence-corrected chi connectivity index (χ4v) is 2.31. The fraction of sp³-hybridized carbons (Fsp3) is 0.533. The number of nitrogens with zero attached hydrogens (tertiary/aromatic N) is 1. The number of piperidine rings is 1. The second-order valence-corrected chi connectivity index (χ2v) is 5.22. The Morgan fingerprint density at radius 1 is 1.26 bits per heavy atom. The van der Waals surface area contributed by atoms with Crippen molar-refractivity contribution in [1.29, 1.82) is 0 Å². The Morgan fingerprint density at radius 3 is 2.63 bits per heavy atom. The van der Waals surface area contributed by atoms with E-state index < -0.39 is 0 Å². The lowest BCUT2D eigenvalue weighted by Crippen LogP contribution is -2.44. The normalized spacial score (nSPS) is 17.3.